The molecule has 0 amide bonds. The molecule has 0 unspecified atom stereocenters. The number of rotatable bonds is 12. The molecule has 20 rings (SSSR count). The van der Waals surface area contributed by atoms with Crippen LogP contribution in [-0.2, 0) is 112 Å². The van der Waals surface area contributed by atoms with Crippen LogP contribution < -0.4 is 121 Å². The fourth-order valence-corrected chi connectivity index (χ4v) is 80.4. The van der Waals surface area contributed by atoms with Gasteiger partial charge in [-0.1, -0.05) is 215 Å². The van der Waals surface area contributed by atoms with Gasteiger partial charge in [0.2, 0.25) is 0 Å². The number of benzene rings is 15. The van der Waals surface area contributed by atoms with Crippen molar-refractivity contribution in [2.24, 2.45) is 0 Å². The summed E-state index contributed by atoms with van der Waals surface area (Å²) < 4.78 is 101. The molecule has 137 heavy (non-hydrogen) atoms. The van der Waals surface area contributed by atoms with E-state index in [4.69, 9.17) is 72.4 Å². The maximum atomic E-state index is 5.94. The van der Waals surface area contributed by atoms with E-state index < -0.39 is 97.9 Å². The van der Waals surface area contributed by atoms with E-state index in [0.717, 1.165) is 48.6 Å². The third kappa shape index (κ3) is 22.7. The Morgan fingerprint density at radius 1 is 0.219 bits per heavy atom. The number of methoxy groups -OCH3 is 12. The van der Waals surface area contributed by atoms with E-state index in [-0.39, 0.29) is 18.6 Å². The zero-order chi connectivity index (χ0) is 96.7. The molecule has 0 spiro atoms. The van der Waals surface area contributed by atoms with E-state index in [0.29, 0.717) is 103 Å². The van der Waals surface area contributed by atoms with Crippen molar-refractivity contribution in [2.75, 3.05) is 85.3 Å². The molecule has 691 valence electrons. The predicted octanol–water partition coefficient (Wildman–Crippen LogP) is 19.7. The van der Waals surface area contributed by atoms with Crippen molar-refractivity contribution in [2.45, 2.75) is 87.9 Å². The van der Waals surface area contributed by atoms with Crippen LogP contribution in [0.25, 0.3) is 0 Å². The van der Waals surface area contributed by atoms with E-state index in [1.54, 1.807) is 152 Å². The molecular weight excluding hydrogens is 2420 g/mol. The molecule has 4 heterocycles. The minimum absolute atomic E-state index is 0. The summed E-state index contributed by atoms with van der Waals surface area (Å²) in [4.78, 5) is 6.22. The van der Waals surface area contributed by atoms with Gasteiger partial charge in [0.05, 0.1) is 85.3 Å². The number of fused-ring (bicyclic) bond motifs is 15. The molecule has 15 aromatic carbocycles. The molecule has 0 N–H and O–H groups in total. The van der Waals surface area contributed by atoms with Gasteiger partial charge in [-0.05, 0) is 162 Å². The normalized spacial score (nSPS) is 13.1. The maximum absolute atomic E-state index is 5.94. The molecule has 0 fully saturated rings. The van der Waals surface area contributed by atoms with Crippen LogP contribution >= 0.6 is 35.3 Å². The number of hydrogen-bond donors (Lipinski definition) is 0. The van der Waals surface area contributed by atoms with E-state index >= 15 is 0 Å². The predicted molar refractivity (Wildman–Crippen MR) is 551 cm³/mol. The average molecular weight is 2530 g/mol. The first-order chi connectivity index (χ1) is 66.6. The summed E-state index contributed by atoms with van der Waals surface area (Å²) in [5, 5.41) is 9.89. The molecule has 5 aliphatic rings. The summed E-state index contributed by atoms with van der Waals surface area (Å²) in [5.41, 5.74) is 7.02. The fraction of sp³-hybridized carbons (Fsp3) is 0.188. The molecule has 1 aliphatic carbocycles. The Morgan fingerprint density at radius 3 is 0.496 bits per heavy atom. The Balaban J connectivity index is 0.000000138. The van der Waals surface area contributed by atoms with Gasteiger partial charge in [0.1, 0.15) is 24.2 Å². The summed E-state index contributed by atoms with van der Waals surface area (Å²) in [6, 6.07) is 104. The Hall–Kier alpha value is -9.61. The van der Waals surface area contributed by atoms with E-state index in [1.807, 2.05) is 128 Å². The first-order valence-electron chi connectivity index (χ1n) is 45.6. The zero-order valence-electron chi connectivity index (χ0n) is 82.0. The molecule has 15 aromatic rings. The van der Waals surface area contributed by atoms with Crippen molar-refractivity contribution in [3.8, 4) is 103 Å². The molecule has 4 aliphatic heterocycles. The van der Waals surface area contributed by atoms with Crippen LogP contribution in [0.2, 0.25) is 39.3 Å². The Morgan fingerprint density at radius 2 is 0.350 bits per heavy atom. The number of ether oxygens (including phenoxy) is 15. The summed E-state index contributed by atoms with van der Waals surface area (Å²) in [5.74, 6) is 12.3. The van der Waals surface area contributed by atoms with Gasteiger partial charge in [-0.15, -0.1) is 0 Å². The van der Waals surface area contributed by atoms with Gasteiger partial charge in [-0.25, -0.2) is 1.37 Å². The quantitative estimate of drug-likeness (QED) is 0.0846. The van der Waals surface area contributed by atoms with Crippen molar-refractivity contribution < 1.29 is 165 Å². The van der Waals surface area contributed by atoms with Gasteiger partial charge in [-0.3, -0.25) is 0 Å². The molecular formula is C112H111Hg3O15S3Si3V-. The third-order valence-corrected chi connectivity index (χ3v) is 88.6. The van der Waals surface area contributed by atoms with Gasteiger partial charge in [0.15, 0.2) is 103 Å². The molecule has 0 saturated carbocycles. The second-order valence-corrected chi connectivity index (χ2v) is 72.8. The summed E-state index contributed by atoms with van der Waals surface area (Å²) in [6.45, 7) is 15.4. The Bertz CT molecular complexity index is 5530. The van der Waals surface area contributed by atoms with Crippen LogP contribution in [0.15, 0.2) is 321 Å². The van der Waals surface area contributed by atoms with E-state index in [9.17, 15) is 0 Å². The second kappa shape index (κ2) is 46.7. The average Bonchev–Trinajstić information content (AvgIpc) is 1.56. The van der Waals surface area contributed by atoms with Gasteiger partial charge in [0.25, 0.3) is 0 Å². The largest absolute Gasteiger partial charge is 0.450 e. The van der Waals surface area contributed by atoms with Crippen molar-refractivity contribution in [1.82, 2.24) is 0 Å². The van der Waals surface area contributed by atoms with Gasteiger partial charge < -0.3 is 78.5 Å². The van der Waals surface area contributed by atoms with Crippen molar-refractivity contribution in [3.05, 3.63) is 332 Å². The molecule has 25 heteroatoms. The molecule has 0 saturated heterocycles. The van der Waals surface area contributed by atoms with Crippen LogP contribution in [-0.4, -0.2) is 110 Å². The zero-order valence-corrected chi connectivity index (χ0v) is 104. The van der Waals surface area contributed by atoms with Gasteiger partial charge in [-0.2, -0.15) is 0 Å². The van der Waals surface area contributed by atoms with Crippen LogP contribution in [0.3, 0.4) is 0 Å². The smallest absolute Gasteiger partial charge is 0.170 e. The van der Waals surface area contributed by atoms with Crippen LogP contribution in [0.5, 0.6) is 103 Å². The minimum Gasteiger partial charge on any atom is -0.450 e. The fourth-order valence-electron chi connectivity index (χ4n) is 18.5. The van der Waals surface area contributed by atoms with Crippen molar-refractivity contribution in [3.63, 3.8) is 0 Å². The monoisotopic (exact) mass is 2530 g/mol. The minimum atomic E-state index is -1.79. The van der Waals surface area contributed by atoms with Crippen molar-refractivity contribution >= 4 is 109 Å². The standard InChI is InChI=1S/C27H30O6.C24H24O6S3.C24H30Si3.C18H12O3.3C6H4.CH3.3Hg.V/c1-28-22-10-16-7-18-12-24(30-3)26(32-5)14-20(18)9-21-15-27(33-6)25(31-4)13-19(21)8-17(16)11-23(22)29-2;1-25-13-7-19-20(8-14(13)26-2)32-23-11-17(29-5)18(30-6)12-24(23)33-22-10-16(28-4)15(27-3)9-21(22)31-19;1-25(2)19-13-7-9-15-21(19)26(3,4)23-17-11-12-18-24(23)27(5,6)22-16-10-8-14-20(22)25;1-2-8-14-13(7-1)19-15-9-3-4-10-16(15)21-18-12-6-5-11-17(18)20-14;3*1-2-4-6-5-3-1;;;;;/h10-15H,7-9H2,1-6H3;7-12H,1-6H3;7-18H,1-6H3;1-12H;3*1-4H;1H3;;;;/q;;;;;;;-1;;;;/i;;;;;;;1T;;;;. The Labute approximate surface area is 873 Å². The van der Waals surface area contributed by atoms with Gasteiger partial charge >= 0.3 is 165 Å². The van der Waals surface area contributed by atoms with Crippen LogP contribution in [0.4, 0.5) is 0 Å². The van der Waals surface area contributed by atoms with Gasteiger partial charge in [0, 0.05) is 47.9 Å². The van der Waals surface area contributed by atoms with Crippen LogP contribution in [0.1, 0.15) is 34.8 Å². The Kier molecular flexibility index (Phi) is 34.7. The molecule has 0 bridgehead atoms. The summed E-state index contributed by atoms with van der Waals surface area (Å²) in [6.07, 6.45) is 2.19. The topological polar surface area (TPSA) is 138 Å². The first-order valence-corrected chi connectivity index (χ1v) is 72.9. The van der Waals surface area contributed by atoms with E-state index in [1.165, 1.54) is 33.4 Å². The summed E-state index contributed by atoms with van der Waals surface area (Å²) >= 11 is 1.52. The summed E-state index contributed by atoms with van der Waals surface area (Å²) in [7, 11) is 16.9. The number of para-hydroxylation sites is 6. The molecule has 0 aromatic heterocycles. The van der Waals surface area contributed by atoms with Crippen LogP contribution in [0, 0.1) is 7.40 Å². The first kappa shape index (κ1) is 102. The SMILES string of the molecule is COc1cc2c(cc1OC)Cc1cc(OC)c(OC)cc1Cc1cc(OC)c(OC)cc1C2.COc1cc2c(cc1OC)Sc1cc(OC)c(OC)cc1Sc1cc(OC)c(OC)cc1S2.C[Si]1(C)c2ccccc2[Si](C)(C)c2ccccc2[Si](C)(C)c2ccccc21.[3H][CH2-].[V].c1cc[c]2[c](c1)[Hg][c]1cccc[c]1[Hg][c]1cccc[c]1[Hg]2.c1ccc2c(c1)Oc1ccccc1Oc1ccccc1O2. The van der Waals surface area contributed by atoms with E-state index in [2.05, 4.69) is 229 Å². The third-order valence-electron chi connectivity index (χ3n) is 25.8. The molecule has 15 nitrogen and oxygen atoms in total. The maximum Gasteiger partial charge on any atom is 0.170 e. The molecule has 0 atom stereocenters. The second-order valence-electron chi connectivity index (χ2n) is 34.7. The van der Waals surface area contributed by atoms with Crippen molar-refractivity contribution in [1.29, 1.82) is 0 Å². The number of hydrogen-bond acceptors (Lipinski definition) is 18. The molecule has 1 radical (unpaired) electrons.